The fraction of sp³-hybridized carbons (Fsp3) is 0.389. The number of nitrogens with one attached hydrogen (secondary N) is 1. The van der Waals surface area contributed by atoms with Gasteiger partial charge in [-0.15, -0.1) is 0 Å². The van der Waals surface area contributed by atoms with E-state index in [1.54, 1.807) is 6.07 Å². The van der Waals surface area contributed by atoms with Crippen molar-refractivity contribution in [1.82, 2.24) is 9.97 Å². The van der Waals surface area contributed by atoms with E-state index in [9.17, 15) is 4.79 Å². The largest absolute Gasteiger partial charge is 0.357 e. The number of carbonyl (C=O) groups is 1. The normalized spacial score (nSPS) is 10.5. The van der Waals surface area contributed by atoms with E-state index in [0.717, 1.165) is 41.9 Å². The van der Waals surface area contributed by atoms with Gasteiger partial charge >= 0.3 is 0 Å². The topological polar surface area (TPSA) is 58.1 Å². The second kappa shape index (κ2) is 8.78. The number of rotatable bonds is 7. The van der Waals surface area contributed by atoms with Crippen LogP contribution in [-0.2, 0) is 0 Å². The summed E-state index contributed by atoms with van der Waals surface area (Å²) in [6.45, 7) is 7.92. The molecular formula is C18H23BrN4O. The van der Waals surface area contributed by atoms with Gasteiger partial charge in [0, 0.05) is 29.3 Å². The minimum Gasteiger partial charge on any atom is -0.357 e. The Morgan fingerprint density at radius 2 is 1.88 bits per heavy atom. The van der Waals surface area contributed by atoms with Crippen molar-refractivity contribution in [1.29, 1.82) is 0 Å². The number of benzene rings is 1. The van der Waals surface area contributed by atoms with E-state index >= 15 is 0 Å². The van der Waals surface area contributed by atoms with E-state index < -0.39 is 0 Å². The Kier molecular flexibility index (Phi) is 6.73. The van der Waals surface area contributed by atoms with Crippen LogP contribution in [-0.4, -0.2) is 29.0 Å². The average Bonchev–Trinajstić information content (AvgIpc) is 2.54. The second-order valence-corrected chi connectivity index (χ2v) is 6.53. The van der Waals surface area contributed by atoms with E-state index in [0.29, 0.717) is 11.5 Å². The third kappa shape index (κ3) is 5.03. The third-order valence-electron chi connectivity index (χ3n) is 3.45. The first kappa shape index (κ1) is 18.4. The molecule has 0 spiro atoms. The highest BCUT2D eigenvalue weighted by Crippen LogP contribution is 2.18. The predicted molar refractivity (Wildman–Crippen MR) is 102 cm³/mol. The van der Waals surface area contributed by atoms with Crippen LogP contribution in [0.3, 0.4) is 0 Å². The lowest BCUT2D eigenvalue weighted by Gasteiger charge is -2.23. The Bertz CT molecular complexity index is 699. The highest BCUT2D eigenvalue weighted by molar-refractivity contribution is 9.10. The maximum atomic E-state index is 12.5. The van der Waals surface area contributed by atoms with Gasteiger partial charge < -0.3 is 10.2 Å². The summed E-state index contributed by atoms with van der Waals surface area (Å²) in [4.78, 5) is 23.5. The molecule has 128 valence electrons. The molecule has 5 nitrogen and oxygen atoms in total. The molecule has 0 saturated carbocycles. The van der Waals surface area contributed by atoms with Crippen LogP contribution in [0.1, 0.15) is 43.0 Å². The number of carbonyl (C=O) groups excluding carboxylic acids is 1. The number of aryl methyl sites for hydroxylation is 1. The minimum absolute atomic E-state index is 0.229. The Labute approximate surface area is 151 Å². The quantitative estimate of drug-likeness (QED) is 0.759. The van der Waals surface area contributed by atoms with Crippen molar-refractivity contribution < 1.29 is 4.79 Å². The Morgan fingerprint density at radius 3 is 2.50 bits per heavy atom. The Morgan fingerprint density at radius 1 is 1.17 bits per heavy atom. The van der Waals surface area contributed by atoms with Crippen LogP contribution in [0.25, 0.3) is 0 Å². The SMILES string of the molecule is CCCN(CCC)c1cc(C(=O)Nc2cccc(Br)c2)nc(C)n1. The van der Waals surface area contributed by atoms with Crippen LogP contribution in [0.4, 0.5) is 11.5 Å². The zero-order valence-electron chi connectivity index (χ0n) is 14.3. The first-order valence-corrected chi connectivity index (χ1v) is 9.00. The molecule has 1 N–H and O–H groups in total. The van der Waals surface area contributed by atoms with Crippen molar-refractivity contribution in [2.24, 2.45) is 0 Å². The number of hydrogen-bond donors (Lipinski definition) is 1. The smallest absolute Gasteiger partial charge is 0.274 e. The van der Waals surface area contributed by atoms with Gasteiger partial charge in [-0.05, 0) is 38.0 Å². The number of nitrogens with zero attached hydrogens (tertiary/aromatic N) is 3. The number of amides is 1. The van der Waals surface area contributed by atoms with Crippen LogP contribution in [0.5, 0.6) is 0 Å². The molecule has 0 aliphatic heterocycles. The van der Waals surface area contributed by atoms with Gasteiger partial charge in [0.1, 0.15) is 17.3 Å². The maximum absolute atomic E-state index is 12.5. The van der Waals surface area contributed by atoms with Crippen LogP contribution in [0, 0.1) is 6.92 Å². The highest BCUT2D eigenvalue weighted by Gasteiger charge is 2.14. The predicted octanol–water partition coefficient (Wildman–Crippen LogP) is 4.43. The molecule has 0 aliphatic rings. The van der Waals surface area contributed by atoms with E-state index in [1.807, 2.05) is 31.2 Å². The molecule has 1 amide bonds. The monoisotopic (exact) mass is 390 g/mol. The molecule has 6 heteroatoms. The molecule has 2 rings (SSSR count). The summed E-state index contributed by atoms with van der Waals surface area (Å²) < 4.78 is 0.914. The summed E-state index contributed by atoms with van der Waals surface area (Å²) in [7, 11) is 0. The summed E-state index contributed by atoms with van der Waals surface area (Å²) in [5.41, 5.74) is 1.11. The molecule has 1 aromatic heterocycles. The molecule has 0 saturated heterocycles. The maximum Gasteiger partial charge on any atom is 0.274 e. The van der Waals surface area contributed by atoms with Crippen LogP contribution in [0.2, 0.25) is 0 Å². The molecule has 0 atom stereocenters. The Hall–Kier alpha value is -1.95. The molecule has 0 unspecified atom stereocenters. The number of halogens is 1. The summed E-state index contributed by atoms with van der Waals surface area (Å²) in [6, 6.07) is 9.26. The van der Waals surface area contributed by atoms with Crippen molar-refractivity contribution >= 4 is 33.3 Å². The second-order valence-electron chi connectivity index (χ2n) is 5.61. The summed E-state index contributed by atoms with van der Waals surface area (Å²) in [5.74, 6) is 1.18. The van der Waals surface area contributed by atoms with E-state index in [4.69, 9.17) is 0 Å². The molecule has 1 aromatic carbocycles. The standard InChI is InChI=1S/C18H23BrN4O/c1-4-9-23(10-5-2)17-12-16(20-13(3)21-17)18(24)22-15-8-6-7-14(19)11-15/h6-8,11-12H,4-5,9-10H2,1-3H3,(H,22,24). The fourth-order valence-electron chi connectivity index (χ4n) is 2.47. The van der Waals surface area contributed by atoms with Gasteiger partial charge in [0.15, 0.2) is 0 Å². The molecule has 0 fully saturated rings. The van der Waals surface area contributed by atoms with Gasteiger partial charge in [-0.3, -0.25) is 4.79 Å². The zero-order valence-corrected chi connectivity index (χ0v) is 15.9. The first-order valence-electron chi connectivity index (χ1n) is 8.21. The highest BCUT2D eigenvalue weighted by atomic mass is 79.9. The van der Waals surface area contributed by atoms with Crippen molar-refractivity contribution in [2.75, 3.05) is 23.3 Å². The summed E-state index contributed by atoms with van der Waals surface area (Å²) in [5, 5.41) is 2.88. The summed E-state index contributed by atoms with van der Waals surface area (Å²) in [6.07, 6.45) is 2.06. The lowest BCUT2D eigenvalue weighted by atomic mass is 10.2. The van der Waals surface area contributed by atoms with Crippen LogP contribution in [0.15, 0.2) is 34.8 Å². The molecule has 0 aliphatic carbocycles. The number of aromatic nitrogens is 2. The first-order chi connectivity index (χ1) is 11.5. The van der Waals surface area contributed by atoms with Crippen molar-refractivity contribution in [3.8, 4) is 0 Å². The van der Waals surface area contributed by atoms with E-state index in [-0.39, 0.29) is 5.91 Å². The molecule has 1 heterocycles. The number of anilines is 2. The van der Waals surface area contributed by atoms with Crippen LogP contribution < -0.4 is 10.2 Å². The van der Waals surface area contributed by atoms with Gasteiger partial charge in [-0.2, -0.15) is 0 Å². The average molecular weight is 391 g/mol. The van der Waals surface area contributed by atoms with Gasteiger partial charge in [-0.25, -0.2) is 9.97 Å². The third-order valence-corrected chi connectivity index (χ3v) is 3.94. The van der Waals surface area contributed by atoms with Crippen molar-refractivity contribution in [3.63, 3.8) is 0 Å². The van der Waals surface area contributed by atoms with Gasteiger partial charge in [0.25, 0.3) is 5.91 Å². The van der Waals surface area contributed by atoms with Gasteiger partial charge in [0.05, 0.1) is 0 Å². The van der Waals surface area contributed by atoms with Crippen LogP contribution >= 0.6 is 15.9 Å². The molecule has 2 aromatic rings. The fourth-order valence-corrected chi connectivity index (χ4v) is 2.87. The lowest BCUT2D eigenvalue weighted by Crippen LogP contribution is -2.27. The van der Waals surface area contributed by atoms with E-state index in [1.165, 1.54) is 0 Å². The molecular weight excluding hydrogens is 368 g/mol. The van der Waals surface area contributed by atoms with E-state index in [2.05, 4.69) is 50.0 Å². The molecule has 24 heavy (non-hydrogen) atoms. The lowest BCUT2D eigenvalue weighted by molar-refractivity contribution is 0.102. The zero-order chi connectivity index (χ0) is 17.5. The molecule has 0 bridgehead atoms. The summed E-state index contributed by atoms with van der Waals surface area (Å²) >= 11 is 3.40. The van der Waals surface area contributed by atoms with Crippen molar-refractivity contribution in [3.05, 3.63) is 46.3 Å². The molecule has 0 radical (unpaired) electrons. The number of hydrogen-bond acceptors (Lipinski definition) is 4. The van der Waals surface area contributed by atoms with Gasteiger partial charge in [0.2, 0.25) is 0 Å². The Balaban J connectivity index is 2.24. The van der Waals surface area contributed by atoms with Crippen molar-refractivity contribution in [2.45, 2.75) is 33.6 Å². The van der Waals surface area contributed by atoms with Gasteiger partial charge in [-0.1, -0.05) is 35.8 Å². The minimum atomic E-state index is -0.229.